The third-order valence-corrected chi connectivity index (χ3v) is 16.9. The number of aromatic nitrogens is 4. The van der Waals surface area contributed by atoms with Gasteiger partial charge in [0.2, 0.25) is 23.7 Å². The van der Waals surface area contributed by atoms with Gasteiger partial charge in [0.15, 0.2) is 0 Å². The van der Waals surface area contributed by atoms with E-state index >= 15 is 0 Å². The molecule has 0 aliphatic carbocycles. The summed E-state index contributed by atoms with van der Waals surface area (Å²) in [6, 6.07) is 13.7. The first-order valence-corrected chi connectivity index (χ1v) is 28.2. The average molecular weight is 1060 g/mol. The van der Waals surface area contributed by atoms with E-state index in [4.69, 9.17) is 9.72 Å². The number of hydrogen-bond donors (Lipinski definition) is 3. The summed E-state index contributed by atoms with van der Waals surface area (Å²) >= 11 is 3.60. The normalized spacial score (nSPS) is 19.5. The molecule has 19 nitrogen and oxygen atoms in total. The minimum absolute atomic E-state index is 0.170. The number of piperazine rings is 2. The molecule has 0 saturated carbocycles. The number of nitrogens with zero attached hydrogens (tertiary/aromatic N) is 10. The minimum atomic E-state index is -2.79. The second kappa shape index (κ2) is 20.7. The number of benzene rings is 3. The van der Waals surface area contributed by atoms with Gasteiger partial charge < -0.3 is 39.5 Å². The first-order valence-electron chi connectivity index (χ1n) is 24.8. The summed E-state index contributed by atoms with van der Waals surface area (Å²) in [7, 11) is -1.12. The number of piperidine rings is 2. The summed E-state index contributed by atoms with van der Waals surface area (Å²) in [5.74, 6) is 0.846. The molecule has 1 atom stereocenters. The van der Waals surface area contributed by atoms with Crippen molar-refractivity contribution in [3.8, 4) is 5.75 Å². The van der Waals surface area contributed by atoms with Crippen LogP contribution in [0.4, 0.5) is 34.5 Å². The van der Waals surface area contributed by atoms with Crippen LogP contribution in [0, 0.1) is 0 Å². The zero-order valence-electron chi connectivity index (χ0n) is 41.2. The quantitative estimate of drug-likeness (QED) is 0.103. The van der Waals surface area contributed by atoms with Gasteiger partial charge >= 0.3 is 0 Å². The van der Waals surface area contributed by atoms with Crippen LogP contribution in [-0.2, 0) is 31.9 Å². The molecule has 2 aromatic heterocycles. The third-order valence-electron chi connectivity index (χ3n) is 14.8. The predicted molar refractivity (Wildman–Crippen MR) is 282 cm³/mol. The van der Waals surface area contributed by atoms with Crippen LogP contribution in [0.15, 0.2) is 65.5 Å². The monoisotopic (exact) mass is 1060 g/mol. The number of amides is 4. The zero-order valence-corrected chi connectivity index (χ0v) is 43.7. The van der Waals surface area contributed by atoms with Gasteiger partial charge in [0.05, 0.1) is 40.3 Å². The summed E-state index contributed by atoms with van der Waals surface area (Å²) in [4.78, 5) is 82.6. The topological polar surface area (TPSA) is 202 Å². The number of methoxy groups -OCH3 is 1. The Labute approximate surface area is 427 Å². The largest absolute Gasteiger partial charge is 0.494 e. The molecule has 0 spiro atoms. The van der Waals surface area contributed by atoms with E-state index in [0.717, 1.165) is 107 Å². The van der Waals surface area contributed by atoms with Gasteiger partial charge in [0, 0.05) is 126 Å². The predicted octanol–water partition coefficient (Wildman–Crippen LogP) is 5.18. The fourth-order valence-electron chi connectivity index (χ4n) is 10.9. The van der Waals surface area contributed by atoms with Crippen LogP contribution < -0.4 is 35.8 Å². The Hall–Kier alpha value is -6.21. The van der Waals surface area contributed by atoms with Crippen molar-refractivity contribution < 1.29 is 28.5 Å². The van der Waals surface area contributed by atoms with Crippen molar-refractivity contribution in [2.45, 2.75) is 57.7 Å². The molecule has 1 unspecified atom stereocenters. The van der Waals surface area contributed by atoms with Crippen LogP contribution in [0.3, 0.4) is 0 Å². The second-order valence-electron chi connectivity index (χ2n) is 19.6. The number of fused-ring (bicyclic) bond motifs is 2. The molecule has 3 N–H and O–H groups in total. The number of nitrogens with one attached hydrogen (secondary N) is 3. The Bertz CT molecular complexity index is 2970. The molecule has 4 saturated heterocycles. The maximum Gasteiger partial charge on any atom is 0.255 e. The van der Waals surface area contributed by atoms with Gasteiger partial charge in [-0.05, 0) is 96.4 Å². The summed E-state index contributed by atoms with van der Waals surface area (Å²) in [5.41, 5.74) is 7.45. The highest BCUT2D eigenvalue weighted by atomic mass is 79.9. The van der Waals surface area contributed by atoms with Crippen molar-refractivity contribution in [1.82, 2.24) is 44.9 Å². The Balaban J connectivity index is 0.699. The Morgan fingerprint density at radius 1 is 0.861 bits per heavy atom. The van der Waals surface area contributed by atoms with Gasteiger partial charge in [-0.15, -0.1) is 0 Å². The number of anilines is 6. The van der Waals surface area contributed by atoms with Crippen LogP contribution in [-0.4, -0.2) is 168 Å². The van der Waals surface area contributed by atoms with E-state index in [2.05, 4.69) is 85.5 Å². The minimum Gasteiger partial charge on any atom is -0.494 e. The van der Waals surface area contributed by atoms with Crippen molar-refractivity contribution >= 4 is 97.6 Å². The number of rotatable bonds is 13. The molecule has 72 heavy (non-hydrogen) atoms. The molecule has 0 radical (unpaired) electrons. The van der Waals surface area contributed by atoms with Crippen molar-refractivity contribution in [1.29, 1.82) is 0 Å². The van der Waals surface area contributed by atoms with Crippen molar-refractivity contribution in [2.75, 3.05) is 113 Å². The van der Waals surface area contributed by atoms with Gasteiger partial charge in [-0.25, -0.2) is 4.98 Å². The molecule has 10 rings (SSSR count). The molecule has 5 aliphatic rings. The molecule has 21 heteroatoms. The molecule has 7 heterocycles. The Morgan fingerprint density at radius 2 is 1.62 bits per heavy atom. The number of ether oxygens (including phenoxy) is 1. The van der Waals surface area contributed by atoms with Gasteiger partial charge in [-0.2, -0.15) is 4.98 Å². The van der Waals surface area contributed by atoms with E-state index in [1.165, 1.54) is 5.56 Å². The molecule has 4 fully saturated rings. The summed E-state index contributed by atoms with van der Waals surface area (Å²) < 4.78 is 20.2. The average Bonchev–Trinajstić information content (AvgIpc) is 3.71. The van der Waals surface area contributed by atoms with Crippen molar-refractivity contribution in [2.24, 2.45) is 0 Å². The van der Waals surface area contributed by atoms with Gasteiger partial charge in [0.25, 0.3) is 5.91 Å². The molecule has 0 bridgehead atoms. The number of halogens is 1. The fraction of sp³-hybridized carbons (Fsp3) is 0.451. The lowest BCUT2D eigenvalue weighted by Crippen LogP contribution is -2.56. The molecule has 378 valence electrons. The fourth-order valence-corrected chi connectivity index (χ4v) is 12.6. The molecule has 4 amide bonds. The van der Waals surface area contributed by atoms with Crippen LogP contribution in [0.1, 0.15) is 54.1 Å². The number of carbonyl (C=O) groups excluding carboxylic acids is 4. The summed E-state index contributed by atoms with van der Waals surface area (Å²) in [6.45, 7) is 14.3. The smallest absolute Gasteiger partial charge is 0.255 e. The molecule has 5 aliphatic heterocycles. The highest BCUT2D eigenvalue weighted by Crippen LogP contribution is 2.42. The standard InChI is InChI=1S/C51H61BrN13O6P/c1-5-32-26-40(57-51-55-29-37(52)48(59-51)56-39-9-8-38-46(54-15-14-53-38)47(39)72(3,4)70)43(71-2)28-42(32)63-16-12-34(13-17-63)61-22-24-64(25-23-61)45(67)31-60-18-20-62(21-19-60)35-7-6-33-30-65(50(69)36(33)27-35)41-10-11-44(66)58-49(41)68/h6-9,14-15,26-29,34,41H,5,10-13,16-25,30-31H2,1-4H3,(H,58,66,68)(H2,55,56,57,59). The number of aryl methyl sites for hydroxylation is 1. The van der Waals surface area contributed by atoms with Gasteiger partial charge in [-0.3, -0.25) is 44.3 Å². The van der Waals surface area contributed by atoms with Crippen LogP contribution in [0.2, 0.25) is 0 Å². The third kappa shape index (κ3) is 10.2. The van der Waals surface area contributed by atoms with E-state index in [1.807, 2.05) is 35.2 Å². The molecular weight excluding hydrogens is 1000 g/mol. The number of carbonyl (C=O) groups is 4. The highest BCUT2D eigenvalue weighted by molar-refractivity contribution is 9.10. The zero-order chi connectivity index (χ0) is 50.3. The Kier molecular flexibility index (Phi) is 14.2. The first-order chi connectivity index (χ1) is 34.7. The van der Waals surface area contributed by atoms with E-state index < -0.39 is 19.1 Å². The van der Waals surface area contributed by atoms with Crippen LogP contribution >= 0.6 is 23.1 Å². The lowest BCUT2D eigenvalue weighted by Gasteiger charge is -2.44. The highest BCUT2D eigenvalue weighted by Gasteiger charge is 2.40. The molecule has 3 aromatic carbocycles. The number of hydrogen-bond acceptors (Lipinski definition) is 16. The molecular formula is C51H61BrN13O6P. The maximum absolute atomic E-state index is 13.6. The van der Waals surface area contributed by atoms with Crippen molar-refractivity contribution in [3.63, 3.8) is 0 Å². The van der Waals surface area contributed by atoms with E-state index in [9.17, 15) is 23.7 Å². The summed E-state index contributed by atoms with van der Waals surface area (Å²) in [6.07, 6.45) is 8.35. The lowest BCUT2D eigenvalue weighted by atomic mass is 9.99. The van der Waals surface area contributed by atoms with Crippen molar-refractivity contribution in [3.05, 3.63) is 82.2 Å². The number of imide groups is 1. The van der Waals surface area contributed by atoms with Gasteiger partial charge in [-0.1, -0.05) is 13.0 Å². The lowest BCUT2D eigenvalue weighted by molar-refractivity contribution is -0.137. The first kappa shape index (κ1) is 49.4. The molecule has 5 aromatic rings. The summed E-state index contributed by atoms with van der Waals surface area (Å²) in [5, 5.41) is 9.75. The maximum atomic E-state index is 13.6. The van der Waals surface area contributed by atoms with E-state index in [-0.39, 0.29) is 24.1 Å². The Morgan fingerprint density at radius 3 is 2.35 bits per heavy atom. The van der Waals surface area contributed by atoms with E-state index in [1.54, 1.807) is 43.9 Å². The van der Waals surface area contributed by atoms with E-state index in [0.29, 0.717) is 75.1 Å². The van der Waals surface area contributed by atoms with Crippen LogP contribution in [0.5, 0.6) is 5.75 Å². The SMILES string of the molecule is CCc1cc(Nc2ncc(Br)c(Nc3ccc4nccnc4c3P(C)(C)=O)n2)c(OC)cc1N1CCC(N2CCN(C(=O)CN3CCN(c4ccc5c(c4)C(=O)N(C4CCC(=O)NC4=O)C5)CC3)CC2)CC1. The van der Waals surface area contributed by atoms with Gasteiger partial charge in [0.1, 0.15) is 30.3 Å². The second-order valence-corrected chi connectivity index (χ2v) is 23.6. The van der Waals surface area contributed by atoms with Crippen LogP contribution in [0.25, 0.3) is 11.0 Å².